The molecule has 1 N–H and O–H groups in total. The molecule has 13 heavy (non-hydrogen) atoms. The fourth-order valence-corrected chi connectivity index (χ4v) is 2.18. The predicted octanol–water partition coefficient (Wildman–Crippen LogP) is 0.336. The molecule has 0 aromatic carbocycles. The van der Waals surface area contributed by atoms with Crippen LogP contribution in [0.4, 0.5) is 0 Å². The summed E-state index contributed by atoms with van der Waals surface area (Å²) >= 11 is 0. The zero-order valence-corrected chi connectivity index (χ0v) is 8.28. The highest BCUT2D eigenvalue weighted by atomic mass is 16.5. The summed E-state index contributed by atoms with van der Waals surface area (Å²) in [5.41, 5.74) is 0. The largest absolute Gasteiger partial charge is 0.396 e. The molecule has 0 radical (unpaired) electrons. The lowest BCUT2D eigenvalue weighted by molar-refractivity contribution is -0.00281. The van der Waals surface area contributed by atoms with Gasteiger partial charge in [-0.1, -0.05) is 6.92 Å². The molecule has 2 aliphatic heterocycles. The summed E-state index contributed by atoms with van der Waals surface area (Å²) in [6.45, 7) is 6.73. The van der Waals surface area contributed by atoms with Crippen LogP contribution in [0.15, 0.2) is 0 Å². The van der Waals surface area contributed by atoms with E-state index in [1.807, 2.05) is 0 Å². The van der Waals surface area contributed by atoms with Gasteiger partial charge in [0.1, 0.15) is 0 Å². The highest BCUT2D eigenvalue weighted by Crippen LogP contribution is 2.24. The van der Waals surface area contributed by atoms with Gasteiger partial charge in [0.25, 0.3) is 0 Å². The quantitative estimate of drug-likeness (QED) is 0.688. The standard InChI is InChI=1S/C10H19NO2/c1-8-2-3-13-10(8)6-11-4-9(5-11)7-12/h8-10,12H,2-7H2,1H3. The Morgan fingerprint density at radius 2 is 2.23 bits per heavy atom. The van der Waals surface area contributed by atoms with E-state index in [0.717, 1.165) is 26.2 Å². The maximum Gasteiger partial charge on any atom is 0.0728 e. The van der Waals surface area contributed by atoms with Crippen LogP contribution in [0.3, 0.4) is 0 Å². The molecular formula is C10H19NO2. The summed E-state index contributed by atoms with van der Waals surface area (Å²) in [7, 11) is 0. The summed E-state index contributed by atoms with van der Waals surface area (Å²) in [5.74, 6) is 1.24. The van der Waals surface area contributed by atoms with Crippen LogP contribution >= 0.6 is 0 Å². The van der Waals surface area contributed by atoms with Gasteiger partial charge in [0, 0.05) is 38.8 Å². The van der Waals surface area contributed by atoms with Crippen molar-refractivity contribution in [2.75, 3.05) is 32.8 Å². The first-order chi connectivity index (χ1) is 6.29. The Balaban J connectivity index is 1.68. The molecule has 3 nitrogen and oxygen atoms in total. The van der Waals surface area contributed by atoms with E-state index in [2.05, 4.69) is 11.8 Å². The van der Waals surface area contributed by atoms with Crippen molar-refractivity contribution in [3.05, 3.63) is 0 Å². The minimum Gasteiger partial charge on any atom is -0.396 e. The fourth-order valence-electron chi connectivity index (χ4n) is 2.18. The van der Waals surface area contributed by atoms with Gasteiger partial charge in [-0.3, -0.25) is 4.90 Å². The number of ether oxygens (including phenoxy) is 1. The summed E-state index contributed by atoms with van der Waals surface area (Å²) in [6, 6.07) is 0. The van der Waals surface area contributed by atoms with Crippen molar-refractivity contribution in [2.45, 2.75) is 19.4 Å². The zero-order chi connectivity index (χ0) is 9.26. The topological polar surface area (TPSA) is 32.7 Å². The van der Waals surface area contributed by atoms with Crippen LogP contribution in [0.25, 0.3) is 0 Å². The summed E-state index contributed by atoms with van der Waals surface area (Å²) in [5, 5.41) is 8.86. The van der Waals surface area contributed by atoms with Crippen LogP contribution in [0.1, 0.15) is 13.3 Å². The van der Waals surface area contributed by atoms with Crippen molar-refractivity contribution >= 4 is 0 Å². The SMILES string of the molecule is CC1CCOC1CN1CC(CO)C1. The lowest BCUT2D eigenvalue weighted by Gasteiger charge is -2.40. The van der Waals surface area contributed by atoms with E-state index in [1.165, 1.54) is 6.42 Å². The van der Waals surface area contributed by atoms with Gasteiger partial charge in [-0.2, -0.15) is 0 Å². The fraction of sp³-hybridized carbons (Fsp3) is 1.00. The predicted molar refractivity (Wildman–Crippen MR) is 50.5 cm³/mol. The van der Waals surface area contributed by atoms with Gasteiger partial charge in [0.15, 0.2) is 0 Å². The van der Waals surface area contributed by atoms with Gasteiger partial charge in [-0.15, -0.1) is 0 Å². The van der Waals surface area contributed by atoms with E-state index in [9.17, 15) is 0 Å². The van der Waals surface area contributed by atoms with E-state index < -0.39 is 0 Å². The Hall–Kier alpha value is -0.120. The highest BCUT2D eigenvalue weighted by Gasteiger charge is 2.32. The number of nitrogens with zero attached hydrogens (tertiary/aromatic N) is 1. The molecule has 2 atom stereocenters. The molecule has 2 fully saturated rings. The first kappa shape index (κ1) is 9.44. The maximum absolute atomic E-state index is 8.86. The second kappa shape index (κ2) is 3.95. The average Bonchev–Trinajstić information content (AvgIpc) is 2.43. The molecule has 2 aliphatic rings. The molecule has 0 spiro atoms. The Kier molecular flexibility index (Phi) is 2.86. The van der Waals surface area contributed by atoms with E-state index >= 15 is 0 Å². The minimum absolute atomic E-state index is 0.345. The summed E-state index contributed by atoms with van der Waals surface area (Å²) in [4.78, 5) is 2.38. The lowest BCUT2D eigenvalue weighted by atomic mass is 9.98. The molecule has 76 valence electrons. The number of likely N-dealkylation sites (tertiary alicyclic amines) is 1. The smallest absolute Gasteiger partial charge is 0.0728 e. The number of hydrogen-bond donors (Lipinski definition) is 1. The van der Waals surface area contributed by atoms with E-state index in [1.54, 1.807) is 0 Å². The van der Waals surface area contributed by atoms with Crippen LogP contribution in [-0.2, 0) is 4.74 Å². The van der Waals surface area contributed by atoms with Crippen molar-refractivity contribution < 1.29 is 9.84 Å². The Morgan fingerprint density at radius 3 is 2.77 bits per heavy atom. The van der Waals surface area contributed by atoms with Crippen LogP contribution in [0.5, 0.6) is 0 Å². The lowest BCUT2D eigenvalue weighted by Crippen LogP contribution is -2.51. The number of aliphatic hydroxyl groups excluding tert-OH is 1. The molecule has 2 saturated heterocycles. The van der Waals surface area contributed by atoms with Gasteiger partial charge in [-0.05, 0) is 12.3 Å². The van der Waals surface area contributed by atoms with Gasteiger partial charge >= 0.3 is 0 Å². The first-order valence-electron chi connectivity index (χ1n) is 5.24. The van der Waals surface area contributed by atoms with Crippen LogP contribution in [0, 0.1) is 11.8 Å². The normalized spacial score (nSPS) is 36.5. The molecule has 3 heteroatoms. The van der Waals surface area contributed by atoms with E-state index in [4.69, 9.17) is 9.84 Å². The summed E-state index contributed by atoms with van der Waals surface area (Å²) in [6.07, 6.45) is 1.65. The molecule has 0 bridgehead atoms. The molecule has 2 unspecified atom stereocenters. The Bertz CT molecular complexity index is 168. The molecule has 0 aromatic rings. The molecule has 0 aromatic heterocycles. The van der Waals surface area contributed by atoms with Crippen molar-refractivity contribution in [1.82, 2.24) is 4.90 Å². The van der Waals surface area contributed by atoms with E-state index in [0.29, 0.717) is 24.5 Å². The van der Waals surface area contributed by atoms with Crippen molar-refractivity contribution in [3.63, 3.8) is 0 Å². The monoisotopic (exact) mass is 185 g/mol. The second-order valence-electron chi connectivity index (χ2n) is 4.44. The number of aliphatic hydroxyl groups is 1. The van der Waals surface area contributed by atoms with Gasteiger partial charge in [-0.25, -0.2) is 0 Å². The van der Waals surface area contributed by atoms with Crippen LogP contribution in [-0.4, -0.2) is 49.0 Å². The van der Waals surface area contributed by atoms with Crippen molar-refractivity contribution in [3.8, 4) is 0 Å². The third-order valence-corrected chi connectivity index (χ3v) is 3.27. The molecule has 2 heterocycles. The molecule has 2 rings (SSSR count). The van der Waals surface area contributed by atoms with Crippen molar-refractivity contribution in [1.29, 1.82) is 0 Å². The van der Waals surface area contributed by atoms with E-state index in [-0.39, 0.29) is 0 Å². The number of rotatable bonds is 3. The Morgan fingerprint density at radius 1 is 1.46 bits per heavy atom. The maximum atomic E-state index is 8.86. The average molecular weight is 185 g/mol. The zero-order valence-electron chi connectivity index (χ0n) is 8.28. The third kappa shape index (κ3) is 2.03. The molecule has 0 amide bonds. The summed E-state index contributed by atoms with van der Waals surface area (Å²) < 4.78 is 5.64. The minimum atomic E-state index is 0.345. The van der Waals surface area contributed by atoms with Crippen LogP contribution in [0.2, 0.25) is 0 Å². The molecule has 0 saturated carbocycles. The van der Waals surface area contributed by atoms with Crippen molar-refractivity contribution in [2.24, 2.45) is 11.8 Å². The number of hydrogen-bond acceptors (Lipinski definition) is 3. The third-order valence-electron chi connectivity index (χ3n) is 3.27. The molecular weight excluding hydrogens is 166 g/mol. The van der Waals surface area contributed by atoms with Gasteiger partial charge < -0.3 is 9.84 Å². The van der Waals surface area contributed by atoms with Gasteiger partial charge in [0.05, 0.1) is 6.10 Å². The molecule has 0 aliphatic carbocycles. The van der Waals surface area contributed by atoms with Gasteiger partial charge in [0.2, 0.25) is 0 Å². The van der Waals surface area contributed by atoms with Crippen LogP contribution < -0.4 is 0 Å². The first-order valence-corrected chi connectivity index (χ1v) is 5.24. The Labute approximate surface area is 79.7 Å². The highest BCUT2D eigenvalue weighted by molar-refractivity contribution is 4.84. The second-order valence-corrected chi connectivity index (χ2v) is 4.44.